The van der Waals surface area contributed by atoms with Crippen LogP contribution in [0.2, 0.25) is 0 Å². The van der Waals surface area contributed by atoms with Gasteiger partial charge in [-0.05, 0) is 52.5 Å². The summed E-state index contributed by atoms with van der Waals surface area (Å²) >= 11 is 3.37. The molecule has 0 bridgehead atoms. The van der Waals surface area contributed by atoms with Crippen molar-refractivity contribution in [3.05, 3.63) is 45.9 Å². The summed E-state index contributed by atoms with van der Waals surface area (Å²) < 4.78 is 41.5. The number of nitrogens with zero attached hydrogens (tertiary/aromatic N) is 1. The molecule has 0 unspecified atom stereocenters. The highest BCUT2D eigenvalue weighted by Crippen LogP contribution is 2.40. The Morgan fingerprint density at radius 1 is 1.15 bits per heavy atom. The molecule has 1 heterocycles. The van der Waals surface area contributed by atoms with Crippen LogP contribution in [0.5, 0.6) is 17.2 Å². The van der Waals surface area contributed by atoms with E-state index in [2.05, 4.69) is 20.7 Å². The second-order valence-corrected chi connectivity index (χ2v) is 6.69. The number of aryl methyl sites for hydroxylation is 1. The fourth-order valence-electron chi connectivity index (χ4n) is 3.16. The maximum atomic E-state index is 13.2. The molecule has 0 radical (unpaired) electrons. The molecule has 3 rings (SSSR count). The van der Waals surface area contributed by atoms with Gasteiger partial charge in [0.2, 0.25) is 0 Å². The smallest absolute Gasteiger partial charge is 0.387 e. The molecule has 0 aromatic heterocycles. The average molecular weight is 442 g/mol. The summed E-state index contributed by atoms with van der Waals surface area (Å²) in [6.45, 7) is -2.57. The normalized spacial score (nSPS) is 13.3. The summed E-state index contributed by atoms with van der Waals surface area (Å²) in [5.41, 5.74) is 1.50. The number of fused-ring (bicyclic) bond motifs is 1. The second kappa shape index (κ2) is 8.12. The molecule has 144 valence electrons. The first-order chi connectivity index (χ1) is 13.0. The quantitative estimate of drug-likeness (QED) is 0.676. The molecule has 1 aliphatic heterocycles. The summed E-state index contributed by atoms with van der Waals surface area (Å²) in [5, 5.41) is 0. The van der Waals surface area contributed by atoms with E-state index in [1.165, 1.54) is 25.2 Å². The van der Waals surface area contributed by atoms with Crippen molar-refractivity contribution >= 4 is 27.5 Å². The highest BCUT2D eigenvalue weighted by Gasteiger charge is 2.29. The van der Waals surface area contributed by atoms with E-state index in [4.69, 9.17) is 9.47 Å². The van der Waals surface area contributed by atoms with Crippen molar-refractivity contribution in [1.29, 1.82) is 0 Å². The van der Waals surface area contributed by atoms with E-state index >= 15 is 0 Å². The van der Waals surface area contributed by atoms with Crippen LogP contribution in [0, 0.1) is 0 Å². The first-order valence-corrected chi connectivity index (χ1v) is 9.05. The van der Waals surface area contributed by atoms with Crippen molar-refractivity contribution in [2.45, 2.75) is 19.5 Å². The van der Waals surface area contributed by atoms with Crippen molar-refractivity contribution < 1.29 is 27.8 Å². The SMILES string of the molecule is COc1cc(C(=O)N2CCCc3cccc(OC(F)F)c32)cc(OC)c1Br. The van der Waals surface area contributed by atoms with E-state index in [9.17, 15) is 13.6 Å². The lowest BCUT2D eigenvalue weighted by Crippen LogP contribution is -2.36. The maximum Gasteiger partial charge on any atom is 0.387 e. The topological polar surface area (TPSA) is 48.0 Å². The molecule has 0 saturated carbocycles. The zero-order valence-corrected chi connectivity index (χ0v) is 16.4. The molecule has 0 N–H and O–H groups in total. The van der Waals surface area contributed by atoms with Gasteiger partial charge in [0.1, 0.15) is 21.7 Å². The number of alkyl halides is 2. The van der Waals surface area contributed by atoms with Crippen LogP contribution in [0.4, 0.5) is 14.5 Å². The minimum Gasteiger partial charge on any atom is -0.495 e. The van der Waals surface area contributed by atoms with E-state index in [1.54, 1.807) is 18.2 Å². The molecule has 1 aliphatic rings. The minimum absolute atomic E-state index is 0.00779. The summed E-state index contributed by atoms with van der Waals surface area (Å²) in [5.74, 6) is 0.524. The van der Waals surface area contributed by atoms with Crippen LogP contribution in [0.3, 0.4) is 0 Å². The van der Waals surface area contributed by atoms with E-state index in [-0.39, 0.29) is 11.7 Å². The Hall–Kier alpha value is -2.35. The molecule has 8 heteroatoms. The molecule has 0 fully saturated rings. The predicted molar refractivity (Wildman–Crippen MR) is 100 cm³/mol. The van der Waals surface area contributed by atoms with Gasteiger partial charge in [0.25, 0.3) is 5.91 Å². The van der Waals surface area contributed by atoms with Crippen LogP contribution in [-0.2, 0) is 6.42 Å². The maximum absolute atomic E-state index is 13.2. The first-order valence-electron chi connectivity index (χ1n) is 8.26. The fourth-order valence-corrected chi connectivity index (χ4v) is 3.71. The van der Waals surface area contributed by atoms with Crippen molar-refractivity contribution in [2.24, 2.45) is 0 Å². The van der Waals surface area contributed by atoms with Gasteiger partial charge < -0.3 is 19.1 Å². The average Bonchev–Trinajstić information content (AvgIpc) is 2.67. The molecule has 0 spiro atoms. The Kier molecular flexibility index (Phi) is 5.84. The van der Waals surface area contributed by atoms with Crippen molar-refractivity contribution in [3.63, 3.8) is 0 Å². The molecule has 1 amide bonds. The first kappa shape index (κ1) is 19.4. The lowest BCUT2D eigenvalue weighted by atomic mass is 10.00. The lowest BCUT2D eigenvalue weighted by Gasteiger charge is -2.31. The number of anilines is 1. The van der Waals surface area contributed by atoms with Crippen LogP contribution in [-0.4, -0.2) is 33.3 Å². The van der Waals surface area contributed by atoms with Crippen LogP contribution in [0.25, 0.3) is 0 Å². The number of hydrogen-bond donors (Lipinski definition) is 0. The molecule has 0 saturated heterocycles. The molecular weight excluding hydrogens is 424 g/mol. The summed E-state index contributed by atoms with van der Waals surface area (Å²) in [4.78, 5) is 14.7. The van der Waals surface area contributed by atoms with Gasteiger partial charge in [0, 0.05) is 12.1 Å². The summed E-state index contributed by atoms with van der Waals surface area (Å²) in [6, 6.07) is 8.07. The van der Waals surface area contributed by atoms with E-state index in [0.717, 1.165) is 12.0 Å². The molecule has 0 aliphatic carbocycles. The number of ether oxygens (including phenoxy) is 3. The van der Waals surface area contributed by atoms with Crippen molar-refractivity contribution in [1.82, 2.24) is 0 Å². The van der Waals surface area contributed by atoms with Crippen LogP contribution < -0.4 is 19.1 Å². The second-order valence-electron chi connectivity index (χ2n) is 5.90. The molecule has 5 nitrogen and oxygen atoms in total. The number of carbonyl (C=O) groups excluding carboxylic acids is 1. The van der Waals surface area contributed by atoms with Crippen molar-refractivity contribution in [2.75, 3.05) is 25.7 Å². The zero-order valence-electron chi connectivity index (χ0n) is 14.8. The van der Waals surface area contributed by atoms with E-state index in [0.29, 0.717) is 40.2 Å². The van der Waals surface area contributed by atoms with Crippen LogP contribution >= 0.6 is 15.9 Å². The Labute approximate surface area is 163 Å². The van der Waals surface area contributed by atoms with Crippen LogP contribution in [0.15, 0.2) is 34.8 Å². The summed E-state index contributed by atoms with van der Waals surface area (Å²) in [6.07, 6.45) is 1.41. The predicted octanol–water partition coefficient (Wildman–Crippen LogP) is 4.66. The number of halogens is 3. The van der Waals surface area contributed by atoms with Gasteiger partial charge in [-0.15, -0.1) is 0 Å². The van der Waals surface area contributed by atoms with Gasteiger partial charge in [-0.3, -0.25) is 4.79 Å². The van der Waals surface area contributed by atoms with Crippen molar-refractivity contribution in [3.8, 4) is 17.2 Å². The Morgan fingerprint density at radius 2 is 1.81 bits per heavy atom. The third-order valence-corrected chi connectivity index (χ3v) is 5.12. The van der Waals surface area contributed by atoms with Gasteiger partial charge in [-0.1, -0.05) is 12.1 Å². The van der Waals surface area contributed by atoms with E-state index < -0.39 is 6.61 Å². The Bertz CT molecular complexity index is 835. The van der Waals surface area contributed by atoms with Gasteiger partial charge in [-0.2, -0.15) is 8.78 Å². The molecular formula is C19H18BrF2NO4. The minimum atomic E-state index is -2.97. The fraction of sp³-hybridized carbons (Fsp3) is 0.316. The number of para-hydroxylation sites is 1. The zero-order chi connectivity index (χ0) is 19.6. The van der Waals surface area contributed by atoms with Gasteiger partial charge in [-0.25, -0.2) is 0 Å². The van der Waals surface area contributed by atoms with Gasteiger partial charge in [0.05, 0.1) is 19.9 Å². The highest BCUT2D eigenvalue weighted by molar-refractivity contribution is 9.10. The largest absolute Gasteiger partial charge is 0.495 e. The van der Waals surface area contributed by atoms with Gasteiger partial charge >= 0.3 is 6.61 Å². The Balaban J connectivity index is 2.05. The number of benzene rings is 2. The number of hydrogen-bond acceptors (Lipinski definition) is 4. The lowest BCUT2D eigenvalue weighted by molar-refractivity contribution is -0.0495. The number of rotatable bonds is 5. The highest BCUT2D eigenvalue weighted by atomic mass is 79.9. The standard InChI is InChI=1S/C19H18BrF2NO4/c1-25-14-9-12(10-15(26-2)16(14)20)18(24)23-8-4-6-11-5-3-7-13(17(11)23)27-19(21)22/h3,5,7,9-10,19H,4,6,8H2,1-2H3. The third kappa shape index (κ3) is 3.85. The molecule has 27 heavy (non-hydrogen) atoms. The number of methoxy groups -OCH3 is 2. The summed E-state index contributed by atoms with van der Waals surface area (Å²) in [7, 11) is 2.97. The molecule has 0 atom stereocenters. The van der Waals surface area contributed by atoms with Crippen LogP contribution in [0.1, 0.15) is 22.3 Å². The third-order valence-electron chi connectivity index (χ3n) is 4.33. The number of amides is 1. The molecule has 2 aromatic rings. The van der Waals surface area contributed by atoms with Gasteiger partial charge in [0.15, 0.2) is 0 Å². The Morgan fingerprint density at radius 3 is 2.41 bits per heavy atom. The van der Waals surface area contributed by atoms with E-state index in [1.807, 2.05) is 6.07 Å². The number of carbonyl (C=O) groups is 1. The monoisotopic (exact) mass is 441 g/mol. The molecule has 2 aromatic carbocycles.